The number of nitrogens with zero attached hydrogens (tertiary/aromatic N) is 3. The Kier molecular flexibility index (Phi) is 6.89. The molecule has 0 radical (unpaired) electrons. The molecule has 1 heterocycles. The van der Waals surface area contributed by atoms with Gasteiger partial charge >= 0.3 is 11.9 Å². The number of nitriles is 1. The van der Waals surface area contributed by atoms with Crippen molar-refractivity contribution >= 4 is 21.6 Å². The number of alkyl halides is 3. The average Bonchev–Trinajstić information content (AvgIpc) is 2.70. The molecule has 2 aromatic rings. The van der Waals surface area contributed by atoms with E-state index >= 15 is 0 Å². The molecule has 2 rings (SSSR count). The number of rotatable bonds is 5. The zero-order valence-corrected chi connectivity index (χ0v) is 18.6. The second kappa shape index (κ2) is 8.81. The molecular weight excluding hydrogens is 472 g/mol. The highest BCUT2D eigenvalue weighted by atomic mass is 32.2. The Bertz CT molecular complexity index is 1390. The molecule has 1 N–H and O–H groups in total. The van der Waals surface area contributed by atoms with Gasteiger partial charge in [-0.3, -0.25) is 19.1 Å². The van der Waals surface area contributed by atoms with Crippen molar-refractivity contribution in [3.05, 3.63) is 50.0 Å². The van der Waals surface area contributed by atoms with E-state index in [4.69, 9.17) is 0 Å². The minimum absolute atomic E-state index is 0.0495. The van der Waals surface area contributed by atoms with Crippen molar-refractivity contribution in [1.29, 1.82) is 5.26 Å². The van der Waals surface area contributed by atoms with Crippen LogP contribution in [0.1, 0.15) is 32.0 Å². The average molecular weight is 490 g/mol. The van der Waals surface area contributed by atoms with Crippen molar-refractivity contribution in [1.82, 2.24) is 9.55 Å². The van der Waals surface area contributed by atoms with E-state index < -0.39 is 78.9 Å². The highest BCUT2D eigenvalue weighted by Crippen LogP contribution is 2.38. The molecule has 0 unspecified atom stereocenters. The highest BCUT2D eigenvalue weighted by Gasteiger charge is 2.40. The van der Waals surface area contributed by atoms with Crippen LogP contribution in [0.5, 0.6) is 0 Å². The monoisotopic (exact) mass is 490 g/mol. The number of hydrogen-bond donors (Lipinski definition) is 1. The standard InChI is InChI=1S/C19H18F4N4O5S/c1-5-33(31,32)27(17(29)9(2)3)13-7-11(12(20)6-10(13)8-24)14-15(19(21,22)23)26(4)18(30)25-16(14)28/h6-7,9H,5H2,1-4H3,(H,25,28,30). The van der Waals surface area contributed by atoms with Crippen LogP contribution in [0.15, 0.2) is 21.7 Å². The molecule has 0 aliphatic rings. The van der Waals surface area contributed by atoms with Crippen LogP contribution in [0.4, 0.5) is 23.2 Å². The first-order chi connectivity index (χ1) is 15.1. The van der Waals surface area contributed by atoms with Crippen molar-refractivity contribution in [2.75, 3.05) is 10.1 Å². The van der Waals surface area contributed by atoms with Crippen LogP contribution in [-0.2, 0) is 28.0 Å². The van der Waals surface area contributed by atoms with Gasteiger partial charge in [0.1, 0.15) is 17.6 Å². The maximum Gasteiger partial charge on any atom is 0.432 e. The fourth-order valence-corrected chi connectivity index (χ4v) is 4.18. The zero-order chi connectivity index (χ0) is 25.5. The van der Waals surface area contributed by atoms with Crippen LogP contribution < -0.4 is 15.6 Å². The number of hydrogen-bond acceptors (Lipinski definition) is 6. The topological polar surface area (TPSA) is 133 Å². The molecule has 0 atom stereocenters. The summed E-state index contributed by atoms with van der Waals surface area (Å²) in [6.45, 7) is 3.87. The van der Waals surface area contributed by atoms with Crippen molar-refractivity contribution in [2.45, 2.75) is 26.9 Å². The summed E-state index contributed by atoms with van der Waals surface area (Å²) >= 11 is 0. The Labute approximate surface area is 184 Å². The summed E-state index contributed by atoms with van der Waals surface area (Å²) in [6.07, 6.45) is -5.29. The van der Waals surface area contributed by atoms with Gasteiger partial charge in [0.15, 0.2) is 0 Å². The maximum atomic E-state index is 14.9. The van der Waals surface area contributed by atoms with Gasteiger partial charge in [-0.25, -0.2) is 21.9 Å². The molecule has 9 nitrogen and oxygen atoms in total. The number of carbonyl (C=O) groups is 1. The maximum absolute atomic E-state index is 14.9. The summed E-state index contributed by atoms with van der Waals surface area (Å²) < 4.78 is 81.6. The number of amides is 1. The van der Waals surface area contributed by atoms with Gasteiger partial charge in [0, 0.05) is 18.5 Å². The van der Waals surface area contributed by atoms with Gasteiger partial charge in [0.25, 0.3) is 5.56 Å². The molecule has 0 bridgehead atoms. The van der Waals surface area contributed by atoms with E-state index in [0.29, 0.717) is 19.2 Å². The fourth-order valence-electron chi connectivity index (χ4n) is 2.98. The van der Waals surface area contributed by atoms with Crippen molar-refractivity contribution in [3.63, 3.8) is 0 Å². The Morgan fingerprint density at radius 2 is 1.85 bits per heavy atom. The lowest BCUT2D eigenvalue weighted by Gasteiger charge is -2.25. The van der Waals surface area contributed by atoms with Crippen LogP contribution >= 0.6 is 0 Å². The molecular formula is C19H18F4N4O5S. The Balaban J connectivity index is 3.10. The molecule has 1 aromatic carbocycles. The summed E-state index contributed by atoms with van der Waals surface area (Å²) in [5, 5.41) is 9.39. The van der Waals surface area contributed by atoms with E-state index in [1.54, 1.807) is 4.98 Å². The smallest absolute Gasteiger partial charge is 0.292 e. The summed E-state index contributed by atoms with van der Waals surface area (Å²) in [5.41, 5.74) is -8.59. The minimum atomic E-state index is -5.29. The second-order valence-corrected chi connectivity index (χ2v) is 9.26. The summed E-state index contributed by atoms with van der Waals surface area (Å²) in [7, 11) is -3.72. The number of aromatic nitrogens is 2. The molecule has 0 aliphatic heterocycles. The molecule has 0 saturated heterocycles. The molecule has 178 valence electrons. The number of anilines is 1. The molecule has 0 saturated carbocycles. The van der Waals surface area contributed by atoms with Gasteiger partial charge < -0.3 is 0 Å². The third kappa shape index (κ3) is 4.68. The van der Waals surface area contributed by atoms with Crippen molar-refractivity contribution < 1.29 is 30.8 Å². The molecule has 33 heavy (non-hydrogen) atoms. The first-order valence-electron chi connectivity index (χ1n) is 9.29. The van der Waals surface area contributed by atoms with E-state index in [2.05, 4.69) is 0 Å². The number of H-pyrrole nitrogens is 1. The normalized spacial score (nSPS) is 12.0. The van der Waals surface area contributed by atoms with Gasteiger partial charge in [-0.1, -0.05) is 13.8 Å². The number of carbonyl (C=O) groups excluding carboxylic acids is 1. The van der Waals surface area contributed by atoms with Crippen LogP contribution in [0.3, 0.4) is 0 Å². The molecule has 1 amide bonds. The van der Waals surface area contributed by atoms with E-state index in [1.807, 2.05) is 0 Å². The van der Waals surface area contributed by atoms with Crippen LogP contribution in [-0.4, -0.2) is 29.6 Å². The summed E-state index contributed by atoms with van der Waals surface area (Å²) in [4.78, 5) is 38.4. The molecule has 0 fully saturated rings. The number of nitrogens with one attached hydrogen (secondary N) is 1. The van der Waals surface area contributed by atoms with Gasteiger partial charge in [0.2, 0.25) is 15.9 Å². The first-order valence-corrected chi connectivity index (χ1v) is 10.9. The fraction of sp³-hybridized carbons (Fsp3) is 0.368. The van der Waals surface area contributed by atoms with Gasteiger partial charge in [-0.05, 0) is 19.1 Å². The van der Waals surface area contributed by atoms with E-state index in [-0.39, 0.29) is 8.87 Å². The van der Waals surface area contributed by atoms with Crippen molar-refractivity contribution in [2.24, 2.45) is 13.0 Å². The lowest BCUT2D eigenvalue weighted by molar-refractivity contribution is -0.143. The van der Waals surface area contributed by atoms with Gasteiger partial charge in [-0.2, -0.15) is 18.4 Å². The molecule has 14 heteroatoms. The van der Waals surface area contributed by atoms with Crippen LogP contribution in [0, 0.1) is 23.1 Å². The number of halogens is 4. The summed E-state index contributed by atoms with van der Waals surface area (Å²) in [6, 6.07) is 2.43. The lowest BCUT2D eigenvalue weighted by atomic mass is 10.00. The van der Waals surface area contributed by atoms with E-state index in [0.717, 1.165) is 0 Å². The SMILES string of the molecule is CCS(=O)(=O)N(C(=O)C(C)C)c1cc(-c2c(C(F)(F)F)n(C)c(=O)[nH]c2=O)c(F)cc1C#N. The molecule has 1 aromatic heterocycles. The molecule has 0 spiro atoms. The number of benzene rings is 1. The van der Waals surface area contributed by atoms with E-state index in [9.17, 15) is 45.6 Å². The first kappa shape index (κ1) is 25.8. The second-order valence-electron chi connectivity index (χ2n) is 7.16. The number of aromatic amines is 1. The predicted molar refractivity (Wildman–Crippen MR) is 109 cm³/mol. The summed E-state index contributed by atoms with van der Waals surface area (Å²) in [5.74, 6) is -4.07. The number of sulfonamides is 1. The largest absolute Gasteiger partial charge is 0.432 e. The Morgan fingerprint density at radius 3 is 2.30 bits per heavy atom. The van der Waals surface area contributed by atoms with E-state index in [1.165, 1.54) is 26.8 Å². The highest BCUT2D eigenvalue weighted by molar-refractivity contribution is 7.93. The van der Waals surface area contributed by atoms with Crippen molar-refractivity contribution in [3.8, 4) is 17.2 Å². The minimum Gasteiger partial charge on any atom is -0.292 e. The third-order valence-corrected chi connectivity index (χ3v) is 6.29. The zero-order valence-electron chi connectivity index (χ0n) is 17.7. The quantitative estimate of drug-likeness (QED) is 0.639. The predicted octanol–water partition coefficient (Wildman–Crippen LogP) is 2.11. The molecule has 0 aliphatic carbocycles. The van der Waals surface area contributed by atoms with Gasteiger partial charge in [-0.15, -0.1) is 0 Å². The Morgan fingerprint density at radius 1 is 1.27 bits per heavy atom. The lowest BCUT2D eigenvalue weighted by Crippen LogP contribution is -2.41. The van der Waals surface area contributed by atoms with Crippen LogP contribution in [0.25, 0.3) is 11.1 Å². The Hall–Kier alpha value is -3.47. The van der Waals surface area contributed by atoms with Gasteiger partial charge in [0.05, 0.1) is 22.6 Å². The third-order valence-electron chi connectivity index (χ3n) is 4.62. The van der Waals surface area contributed by atoms with Crippen LogP contribution in [0.2, 0.25) is 0 Å².